The zero-order valence-electron chi connectivity index (χ0n) is 40.6. The summed E-state index contributed by atoms with van der Waals surface area (Å²) in [7, 11) is 0. The third-order valence-corrected chi connectivity index (χ3v) is 16.5. The minimum Gasteiger partial charge on any atom is -0.446 e. The van der Waals surface area contributed by atoms with Crippen LogP contribution in [-0.2, 0) is 14.3 Å². The molecule has 0 aromatic heterocycles. The molecule has 0 saturated heterocycles. The average Bonchev–Trinajstić information content (AvgIpc) is 3.59. The number of nitrogens with zero attached hydrogens (tertiary/aromatic N) is 1. The molecule has 0 unspecified atom stereocenters. The Hall–Kier alpha value is -2.09. The highest BCUT2D eigenvalue weighted by Gasteiger charge is 2.59. The van der Waals surface area contributed by atoms with E-state index in [2.05, 4.69) is 58.3 Å². The molecule has 4 rings (SSSR count). The van der Waals surface area contributed by atoms with Gasteiger partial charge in [0.15, 0.2) is 0 Å². The lowest BCUT2D eigenvalue weighted by Crippen LogP contribution is -2.51. The molecule has 352 valence electrons. The van der Waals surface area contributed by atoms with Gasteiger partial charge in [-0.3, -0.25) is 14.5 Å². The summed E-state index contributed by atoms with van der Waals surface area (Å²) in [5.74, 6) is 4.72. The maximum absolute atomic E-state index is 13.9. The van der Waals surface area contributed by atoms with Gasteiger partial charge in [-0.15, -0.1) is 0 Å². The summed E-state index contributed by atoms with van der Waals surface area (Å²) in [4.78, 5) is 41.2. The van der Waals surface area contributed by atoms with Crippen molar-refractivity contribution < 1.29 is 19.1 Å². The van der Waals surface area contributed by atoms with Gasteiger partial charge < -0.3 is 21.1 Å². The van der Waals surface area contributed by atoms with Crippen molar-refractivity contribution in [2.45, 2.75) is 227 Å². The summed E-state index contributed by atoms with van der Waals surface area (Å²) in [6, 6.07) is 0. The number of nitrogens with one attached hydrogen (secondary N) is 2. The smallest absolute Gasteiger partial charge is 0.410 e. The highest BCUT2D eigenvalue weighted by atomic mass is 16.6. The number of amides is 3. The Kier molecular flexibility index (Phi) is 23.1. The zero-order chi connectivity index (χ0) is 44.1. The fourth-order valence-corrected chi connectivity index (χ4v) is 12.8. The molecule has 8 heteroatoms. The van der Waals surface area contributed by atoms with E-state index in [-0.39, 0.29) is 29.9 Å². The van der Waals surface area contributed by atoms with Gasteiger partial charge in [0.2, 0.25) is 11.8 Å². The molecule has 3 saturated carbocycles. The molecule has 0 heterocycles. The van der Waals surface area contributed by atoms with Crippen LogP contribution < -0.4 is 16.4 Å². The quantitative estimate of drug-likeness (QED) is 0.0492. The maximum Gasteiger partial charge on any atom is 0.410 e. The van der Waals surface area contributed by atoms with E-state index in [0.717, 1.165) is 93.3 Å². The van der Waals surface area contributed by atoms with Crippen molar-refractivity contribution in [1.82, 2.24) is 15.5 Å². The lowest BCUT2D eigenvalue weighted by Gasteiger charge is -2.58. The van der Waals surface area contributed by atoms with Gasteiger partial charge in [0, 0.05) is 32.5 Å². The fourth-order valence-electron chi connectivity index (χ4n) is 12.8. The molecular formula is C53H96N4O4. The maximum atomic E-state index is 13.9. The highest BCUT2D eigenvalue weighted by molar-refractivity contribution is 5.82. The van der Waals surface area contributed by atoms with E-state index in [4.69, 9.17) is 10.5 Å². The van der Waals surface area contributed by atoms with Crippen LogP contribution in [0.5, 0.6) is 0 Å². The predicted molar refractivity (Wildman–Crippen MR) is 254 cm³/mol. The Labute approximate surface area is 375 Å². The first-order valence-corrected chi connectivity index (χ1v) is 26.3. The molecule has 0 spiro atoms. The molecule has 0 bridgehead atoms. The predicted octanol–water partition coefficient (Wildman–Crippen LogP) is 12.7. The molecule has 3 amide bonds. The Morgan fingerprint density at radius 1 is 0.754 bits per heavy atom. The van der Waals surface area contributed by atoms with Crippen molar-refractivity contribution in [1.29, 1.82) is 0 Å². The first kappa shape index (κ1) is 51.5. The van der Waals surface area contributed by atoms with Crippen LogP contribution in [0.25, 0.3) is 0 Å². The van der Waals surface area contributed by atoms with Crippen LogP contribution in [-0.4, -0.2) is 61.6 Å². The number of ether oxygens (including phenoxy) is 1. The molecule has 0 aromatic carbocycles. The van der Waals surface area contributed by atoms with Crippen LogP contribution in [0.2, 0.25) is 0 Å². The summed E-state index contributed by atoms with van der Waals surface area (Å²) < 4.78 is 6.29. The molecule has 4 aliphatic carbocycles. The van der Waals surface area contributed by atoms with Crippen molar-refractivity contribution in [3.8, 4) is 0 Å². The van der Waals surface area contributed by atoms with Crippen LogP contribution in [0.15, 0.2) is 11.6 Å². The third kappa shape index (κ3) is 16.1. The lowest BCUT2D eigenvalue weighted by molar-refractivity contribution is -0.123. The number of carbonyl (C=O) groups excluding carboxylic acids is 3. The van der Waals surface area contributed by atoms with Gasteiger partial charge in [0.05, 0.1) is 0 Å². The minimum absolute atomic E-state index is 0.0251. The van der Waals surface area contributed by atoms with Gasteiger partial charge in [-0.2, -0.15) is 0 Å². The van der Waals surface area contributed by atoms with Crippen LogP contribution in [0.4, 0.5) is 4.79 Å². The Morgan fingerprint density at radius 3 is 2.11 bits per heavy atom. The second kappa shape index (κ2) is 27.3. The lowest BCUT2D eigenvalue weighted by atomic mass is 9.47. The van der Waals surface area contributed by atoms with Crippen molar-refractivity contribution in [2.75, 3.05) is 32.7 Å². The van der Waals surface area contributed by atoms with Crippen molar-refractivity contribution in [2.24, 2.45) is 52.1 Å². The molecule has 3 fully saturated rings. The first-order chi connectivity index (χ1) is 29.4. The molecule has 0 aliphatic heterocycles. The Bertz CT molecular complexity index is 1320. The topological polar surface area (TPSA) is 114 Å². The second-order valence-corrected chi connectivity index (χ2v) is 21.5. The van der Waals surface area contributed by atoms with Crippen molar-refractivity contribution >= 4 is 17.9 Å². The molecular weight excluding hydrogens is 757 g/mol. The van der Waals surface area contributed by atoms with Gasteiger partial charge >= 0.3 is 6.09 Å². The number of nitrogens with two attached hydrogens (primary N) is 1. The van der Waals surface area contributed by atoms with Crippen molar-refractivity contribution in [3.05, 3.63) is 11.6 Å². The summed E-state index contributed by atoms with van der Waals surface area (Å²) >= 11 is 0. The molecule has 8 atom stereocenters. The summed E-state index contributed by atoms with van der Waals surface area (Å²) in [5.41, 5.74) is 7.81. The molecule has 8 nitrogen and oxygen atoms in total. The summed E-state index contributed by atoms with van der Waals surface area (Å²) in [5, 5.41) is 6.09. The number of rotatable bonds is 30. The first-order valence-electron chi connectivity index (χ1n) is 26.3. The van der Waals surface area contributed by atoms with Crippen molar-refractivity contribution in [3.63, 3.8) is 0 Å². The van der Waals surface area contributed by atoms with Crippen LogP contribution in [0, 0.1) is 46.3 Å². The van der Waals surface area contributed by atoms with Gasteiger partial charge in [-0.05, 0) is 124 Å². The van der Waals surface area contributed by atoms with E-state index in [1.54, 1.807) is 4.90 Å². The van der Waals surface area contributed by atoms with E-state index in [9.17, 15) is 14.4 Å². The Morgan fingerprint density at radius 2 is 1.41 bits per heavy atom. The van der Waals surface area contributed by atoms with Crippen LogP contribution >= 0.6 is 0 Å². The number of unbranched alkanes of at least 4 members (excludes halogenated alkanes) is 13. The monoisotopic (exact) mass is 853 g/mol. The van der Waals surface area contributed by atoms with Crippen LogP contribution in [0.3, 0.4) is 0 Å². The number of fused-ring (bicyclic) bond motifs is 5. The molecule has 4 N–H and O–H groups in total. The van der Waals surface area contributed by atoms with E-state index in [1.807, 2.05) is 0 Å². The molecule has 4 aliphatic rings. The summed E-state index contributed by atoms with van der Waals surface area (Å²) in [6.07, 6.45) is 34.5. The van der Waals surface area contributed by atoms with E-state index in [0.29, 0.717) is 44.4 Å². The van der Waals surface area contributed by atoms with Gasteiger partial charge in [0.25, 0.3) is 0 Å². The van der Waals surface area contributed by atoms with Gasteiger partial charge in [-0.1, -0.05) is 150 Å². The second-order valence-electron chi connectivity index (χ2n) is 21.5. The van der Waals surface area contributed by atoms with Gasteiger partial charge in [-0.25, -0.2) is 4.79 Å². The highest BCUT2D eigenvalue weighted by Crippen LogP contribution is 2.67. The van der Waals surface area contributed by atoms with E-state index >= 15 is 0 Å². The standard InChI is InChI=1S/C53H96N4O4/c1-7-8-9-10-11-12-13-14-15-16-19-26-49(58)55-37-23-38-57(40-50(59)56-36-21-18-17-20-35-54)51(60)61-44-31-33-52(5)43(39-44)27-28-45-47-30-29-46(42(4)25-22-24-41(2)3)53(47,6)34-32-48(45)52/h27,41-42,44-48H,7-26,28-40,54H2,1-6H3,(H,55,58)(H,56,59)/t42-,44+,45+,46-,47+,48+,52+,53-/m1/s1. The van der Waals surface area contributed by atoms with Crippen LogP contribution in [0.1, 0.15) is 221 Å². The summed E-state index contributed by atoms with van der Waals surface area (Å²) in [6.45, 7) is 16.9. The number of hydrogen-bond donors (Lipinski definition) is 3. The number of allylic oxidation sites excluding steroid dienone is 1. The molecule has 0 radical (unpaired) electrons. The Balaban J connectivity index is 1.24. The normalized spacial score (nSPS) is 27.4. The van der Waals surface area contributed by atoms with E-state index < -0.39 is 6.09 Å². The number of carbonyl (C=O) groups is 3. The minimum atomic E-state index is -0.402. The third-order valence-electron chi connectivity index (χ3n) is 16.5. The van der Waals surface area contributed by atoms with E-state index in [1.165, 1.54) is 115 Å². The number of hydrogen-bond acceptors (Lipinski definition) is 5. The average molecular weight is 853 g/mol. The fraction of sp³-hybridized carbons (Fsp3) is 0.906. The largest absolute Gasteiger partial charge is 0.446 e. The van der Waals surface area contributed by atoms with Gasteiger partial charge in [0.1, 0.15) is 12.6 Å². The molecule has 61 heavy (non-hydrogen) atoms. The zero-order valence-corrected chi connectivity index (χ0v) is 40.6. The SMILES string of the molecule is CCCCCCCCCCCCCC(=O)NCCCN(CC(=O)NCCCCCCN)C(=O)O[C@H]1CC[C@@]2(C)C(=CC[C@H]3[C@@H]4CC[C@H]([C@H](C)CCCC(C)C)[C@@]4(C)CC[C@@H]32)C1. The molecule has 0 aromatic rings.